The highest BCUT2D eigenvalue weighted by molar-refractivity contribution is 5.87. The van der Waals surface area contributed by atoms with Gasteiger partial charge >= 0.3 is 5.97 Å². The van der Waals surface area contributed by atoms with E-state index in [1.165, 1.54) is 0 Å². The van der Waals surface area contributed by atoms with Gasteiger partial charge in [-0.05, 0) is 60.2 Å². The smallest absolute Gasteiger partial charge is 0.335 e. The molecule has 6 nitrogen and oxygen atoms in total. The molecule has 1 aromatic heterocycles. The molecule has 0 aliphatic carbocycles. The molecule has 5 rings (SSSR count). The second-order valence-electron chi connectivity index (χ2n) is 9.17. The average Bonchev–Trinajstić information content (AvgIpc) is 2.82. The minimum Gasteiger partial charge on any atom is -0.497 e. The van der Waals surface area contributed by atoms with Crippen LogP contribution in [0.2, 0.25) is 0 Å². The van der Waals surface area contributed by atoms with Crippen LogP contribution in [-0.2, 0) is 13.0 Å². The van der Waals surface area contributed by atoms with Crippen LogP contribution in [0.3, 0.4) is 0 Å². The fraction of sp³-hybridized carbons (Fsp3) is 0.333. The Hall–Kier alpha value is -3.38. The number of carbonyl (C=O) groups is 1. The Bertz CT molecular complexity index is 1230. The number of aromatic carboxylic acids is 1. The molecule has 2 bridgehead atoms. The summed E-state index contributed by atoms with van der Waals surface area (Å²) in [5.74, 6) is 0.552. The summed E-state index contributed by atoms with van der Waals surface area (Å²) in [6.07, 6.45) is 1.83. The summed E-state index contributed by atoms with van der Waals surface area (Å²) >= 11 is 0. The van der Waals surface area contributed by atoms with E-state index in [9.17, 15) is 14.7 Å². The van der Waals surface area contributed by atoms with Crippen molar-refractivity contribution in [3.8, 4) is 5.75 Å². The van der Waals surface area contributed by atoms with Crippen molar-refractivity contribution in [1.82, 2.24) is 9.47 Å². The number of carboxylic acid groups (broad SMARTS) is 1. The summed E-state index contributed by atoms with van der Waals surface area (Å²) in [4.78, 5) is 26.8. The Kier molecular flexibility index (Phi) is 5.77. The van der Waals surface area contributed by atoms with Gasteiger partial charge in [-0.3, -0.25) is 9.69 Å². The van der Waals surface area contributed by atoms with E-state index in [2.05, 4.69) is 23.1 Å². The molecule has 33 heavy (non-hydrogen) atoms. The van der Waals surface area contributed by atoms with Gasteiger partial charge in [-0.25, -0.2) is 4.79 Å². The van der Waals surface area contributed by atoms with Gasteiger partial charge < -0.3 is 14.4 Å². The van der Waals surface area contributed by atoms with Crippen molar-refractivity contribution in [3.05, 3.63) is 99.5 Å². The van der Waals surface area contributed by atoms with Crippen molar-refractivity contribution in [2.45, 2.75) is 31.3 Å². The number of aromatic nitrogens is 1. The molecule has 0 amide bonds. The summed E-state index contributed by atoms with van der Waals surface area (Å²) < 4.78 is 7.44. The van der Waals surface area contributed by atoms with E-state index >= 15 is 0 Å². The Morgan fingerprint density at radius 1 is 1.03 bits per heavy atom. The third-order valence-electron chi connectivity index (χ3n) is 7.03. The molecule has 0 saturated carbocycles. The molecule has 1 N–H and O–H groups in total. The van der Waals surface area contributed by atoms with Gasteiger partial charge in [-0.2, -0.15) is 0 Å². The fourth-order valence-corrected chi connectivity index (χ4v) is 5.63. The first-order valence-corrected chi connectivity index (χ1v) is 11.4. The first kappa shape index (κ1) is 21.5. The summed E-state index contributed by atoms with van der Waals surface area (Å²) in [5, 5.41) is 9.34. The highest BCUT2D eigenvalue weighted by atomic mass is 16.5. The van der Waals surface area contributed by atoms with E-state index < -0.39 is 5.97 Å². The van der Waals surface area contributed by atoms with Gasteiger partial charge in [0, 0.05) is 43.4 Å². The second-order valence-corrected chi connectivity index (χ2v) is 9.17. The third kappa shape index (κ3) is 4.31. The number of rotatable bonds is 6. The second kappa shape index (κ2) is 8.87. The van der Waals surface area contributed by atoms with Crippen LogP contribution in [0.1, 0.15) is 45.6 Å². The van der Waals surface area contributed by atoms with Crippen LogP contribution < -0.4 is 10.3 Å². The molecular formula is C27H28N2O4. The van der Waals surface area contributed by atoms with Crippen LogP contribution in [-0.4, -0.2) is 40.7 Å². The minimum absolute atomic E-state index is 0.0673. The summed E-state index contributed by atoms with van der Waals surface area (Å²) in [5.41, 5.74) is 3.65. The van der Waals surface area contributed by atoms with Crippen molar-refractivity contribution < 1.29 is 14.6 Å². The molecule has 2 aromatic carbocycles. The van der Waals surface area contributed by atoms with Crippen molar-refractivity contribution in [2.75, 3.05) is 20.2 Å². The molecule has 170 valence electrons. The number of carboxylic acids is 1. The maximum absolute atomic E-state index is 13.0. The number of ether oxygens (including phenoxy) is 1. The molecule has 1 fully saturated rings. The average molecular weight is 445 g/mol. The number of pyridine rings is 1. The monoisotopic (exact) mass is 444 g/mol. The van der Waals surface area contributed by atoms with Gasteiger partial charge in [0.05, 0.1) is 12.7 Å². The van der Waals surface area contributed by atoms with Crippen LogP contribution in [0.5, 0.6) is 5.75 Å². The Balaban J connectivity index is 1.45. The highest BCUT2D eigenvalue weighted by Crippen LogP contribution is 2.42. The fourth-order valence-electron chi connectivity index (χ4n) is 5.63. The Morgan fingerprint density at radius 2 is 1.82 bits per heavy atom. The zero-order valence-corrected chi connectivity index (χ0v) is 18.7. The standard InChI is InChI=1S/C27H28N2O4/c1-33-23-8-3-5-18(12-23)13-25-22-14-21(24-9-4-10-26(30)29(24)25)16-28(17-22)15-19-6-2-7-20(11-19)27(31)32/h2-12,21-22,25H,13-17H2,1H3,(H,31,32)/t21-,22+,25+/m1/s1. The lowest BCUT2D eigenvalue weighted by Crippen LogP contribution is -2.49. The van der Waals surface area contributed by atoms with Gasteiger partial charge in [0.25, 0.3) is 5.56 Å². The number of hydrogen-bond donors (Lipinski definition) is 1. The van der Waals surface area contributed by atoms with Gasteiger partial charge in [0.1, 0.15) is 5.75 Å². The van der Waals surface area contributed by atoms with Crippen LogP contribution in [0, 0.1) is 5.92 Å². The van der Waals surface area contributed by atoms with Crippen LogP contribution in [0.4, 0.5) is 0 Å². The van der Waals surface area contributed by atoms with E-state index in [-0.39, 0.29) is 11.6 Å². The number of likely N-dealkylation sites (tertiary alicyclic amines) is 1. The van der Waals surface area contributed by atoms with Crippen LogP contribution >= 0.6 is 0 Å². The lowest BCUT2D eigenvalue weighted by Gasteiger charge is -2.47. The molecule has 3 aromatic rings. The minimum atomic E-state index is -0.904. The maximum Gasteiger partial charge on any atom is 0.335 e. The van der Waals surface area contributed by atoms with Crippen molar-refractivity contribution in [2.24, 2.45) is 5.92 Å². The van der Waals surface area contributed by atoms with Gasteiger partial charge in [0.2, 0.25) is 0 Å². The van der Waals surface area contributed by atoms with Gasteiger partial charge in [0.15, 0.2) is 0 Å². The number of nitrogens with zero attached hydrogens (tertiary/aromatic N) is 2. The topological polar surface area (TPSA) is 71.8 Å². The van der Waals surface area contributed by atoms with Crippen molar-refractivity contribution >= 4 is 5.97 Å². The first-order valence-electron chi connectivity index (χ1n) is 11.4. The SMILES string of the molecule is COc1cccc(C[C@H]2[C@H]3C[C@H](CN(Cc4cccc(C(=O)O)c4)C3)c3cccc(=O)n32)c1. The lowest BCUT2D eigenvalue weighted by molar-refractivity contribution is 0.0696. The number of fused-ring (bicyclic) bond motifs is 4. The normalized spacial score (nSPS) is 21.9. The summed E-state index contributed by atoms with van der Waals surface area (Å²) in [6.45, 7) is 2.45. The predicted octanol–water partition coefficient (Wildman–Crippen LogP) is 3.96. The zero-order valence-electron chi connectivity index (χ0n) is 18.7. The predicted molar refractivity (Wildman–Crippen MR) is 126 cm³/mol. The molecule has 2 aliphatic heterocycles. The number of piperidine rings is 1. The van der Waals surface area contributed by atoms with Crippen molar-refractivity contribution in [1.29, 1.82) is 0 Å². The lowest BCUT2D eigenvalue weighted by atomic mass is 9.76. The van der Waals surface area contributed by atoms with Crippen LogP contribution in [0.25, 0.3) is 0 Å². The van der Waals surface area contributed by atoms with E-state index in [1.807, 2.05) is 34.9 Å². The van der Waals surface area contributed by atoms with Crippen molar-refractivity contribution in [3.63, 3.8) is 0 Å². The molecular weight excluding hydrogens is 416 g/mol. The molecule has 0 unspecified atom stereocenters. The number of methoxy groups -OCH3 is 1. The quantitative estimate of drug-likeness (QED) is 0.623. The van der Waals surface area contributed by atoms with Crippen LogP contribution in [0.15, 0.2) is 71.5 Å². The highest BCUT2D eigenvalue weighted by Gasteiger charge is 2.40. The molecule has 3 atom stereocenters. The zero-order chi connectivity index (χ0) is 22.9. The Labute approximate surface area is 193 Å². The van der Waals surface area contributed by atoms with E-state index in [0.717, 1.165) is 48.5 Å². The molecule has 0 spiro atoms. The molecule has 2 aliphatic rings. The van der Waals surface area contributed by atoms with Gasteiger partial charge in [-0.15, -0.1) is 0 Å². The summed E-state index contributed by atoms with van der Waals surface area (Å²) in [7, 11) is 1.67. The van der Waals surface area contributed by atoms with Gasteiger partial charge in [-0.1, -0.05) is 30.3 Å². The van der Waals surface area contributed by atoms with E-state index in [1.54, 1.807) is 25.3 Å². The molecule has 1 saturated heterocycles. The molecule has 0 radical (unpaired) electrons. The first-order chi connectivity index (χ1) is 16.0. The Morgan fingerprint density at radius 3 is 2.64 bits per heavy atom. The largest absolute Gasteiger partial charge is 0.497 e. The summed E-state index contributed by atoms with van der Waals surface area (Å²) in [6, 6.07) is 21.0. The van der Waals surface area contributed by atoms with E-state index in [0.29, 0.717) is 23.9 Å². The molecule has 3 heterocycles. The number of hydrogen-bond acceptors (Lipinski definition) is 4. The van der Waals surface area contributed by atoms with E-state index in [4.69, 9.17) is 4.74 Å². The number of benzene rings is 2. The maximum atomic E-state index is 13.0. The third-order valence-corrected chi connectivity index (χ3v) is 7.03. The molecule has 6 heteroatoms.